The summed E-state index contributed by atoms with van der Waals surface area (Å²) in [7, 11) is 0. The quantitative estimate of drug-likeness (QED) is 0.504. The van der Waals surface area contributed by atoms with Crippen LogP contribution in [-0.4, -0.2) is 43.6 Å². The van der Waals surface area contributed by atoms with Crippen molar-refractivity contribution in [1.29, 1.82) is 5.26 Å². The number of rotatable bonds is 5. The molecule has 2 aromatic heterocycles. The molecule has 164 valence electrons. The van der Waals surface area contributed by atoms with Crippen LogP contribution in [0.1, 0.15) is 18.9 Å². The van der Waals surface area contributed by atoms with Crippen molar-refractivity contribution in [2.75, 3.05) is 18.8 Å². The summed E-state index contributed by atoms with van der Waals surface area (Å²) in [5, 5.41) is 14.4. The number of benzene rings is 2. The molecule has 0 spiro atoms. The highest BCUT2D eigenvalue weighted by molar-refractivity contribution is 5.98. The minimum Gasteiger partial charge on any atom is -0.457 e. The Morgan fingerprint density at radius 3 is 2.64 bits per heavy atom. The van der Waals surface area contributed by atoms with E-state index in [1.54, 1.807) is 4.90 Å². The molecule has 0 saturated carbocycles. The number of nitrogens with zero attached hydrogens (tertiary/aromatic N) is 6. The van der Waals surface area contributed by atoms with Gasteiger partial charge < -0.3 is 15.4 Å². The SMILES string of the molecule is N#CCC(=O)N1CC[C@H](n2nc(-c3ccc(Oc4ccccc4)cc3)c3c(N)ncnc32)C1. The zero-order valence-electron chi connectivity index (χ0n) is 17.8. The van der Waals surface area contributed by atoms with Crippen LogP contribution < -0.4 is 10.5 Å². The van der Waals surface area contributed by atoms with Gasteiger partial charge >= 0.3 is 0 Å². The van der Waals surface area contributed by atoms with Gasteiger partial charge in [0.05, 0.1) is 17.5 Å². The van der Waals surface area contributed by atoms with Gasteiger partial charge in [-0.25, -0.2) is 14.6 Å². The zero-order chi connectivity index (χ0) is 22.8. The standard InChI is InChI=1S/C24H21N7O2/c25-12-10-20(32)30-13-11-17(14-30)31-24-21(23(26)27-15-28-24)22(29-31)16-6-8-19(9-7-16)33-18-4-2-1-3-5-18/h1-9,15,17H,10-11,13-14H2,(H2,26,27,28)/t17-/m0/s1. The van der Waals surface area contributed by atoms with Gasteiger partial charge in [-0.1, -0.05) is 18.2 Å². The summed E-state index contributed by atoms with van der Waals surface area (Å²) in [5.41, 5.74) is 8.38. The summed E-state index contributed by atoms with van der Waals surface area (Å²) in [6, 6.07) is 19.0. The summed E-state index contributed by atoms with van der Waals surface area (Å²) in [5.74, 6) is 1.65. The summed E-state index contributed by atoms with van der Waals surface area (Å²) in [4.78, 5) is 22.4. The minimum atomic E-state index is -0.167. The lowest BCUT2D eigenvalue weighted by Crippen LogP contribution is -2.28. The summed E-state index contributed by atoms with van der Waals surface area (Å²) >= 11 is 0. The second kappa shape index (κ2) is 8.59. The van der Waals surface area contributed by atoms with E-state index >= 15 is 0 Å². The molecule has 1 amide bonds. The van der Waals surface area contributed by atoms with Crippen molar-refractivity contribution in [3.8, 4) is 28.8 Å². The number of likely N-dealkylation sites (tertiary alicyclic amines) is 1. The number of para-hydroxylation sites is 1. The number of anilines is 1. The largest absolute Gasteiger partial charge is 0.457 e. The van der Waals surface area contributed by atoms with E-state index in [1.165, 1.54) is 6.33 Å². The van der Waals surface area contributed by atoms with Crippen molar-refractivity contribution in [3.63, 3.8) is 0 Å². The first-order valence-corrected chi connectivity index (χ1v) is 10.6. The Labute approximate surface area is 190 Å². The third-order valence-electron chi connectivity index (χ3n) is 5.72. The number of carbonyl (C=O) groups is 1. The maximum Gasteiger partial charge on any atom is 0.236 e. The molecule has 0 radical (unpaired) electrons. The van der Waals surface area contributed by atoms with Gasteiger partial charge in [-0.05, 0) is 42.8 Å². The van der Waals surface area contributed by atoms with E-state index in [-0.39, 0.29) is 18.4 Å². The fourth-order valence-electron chi connectivity index (χ4n) is 4.10. The van der Waals surface area contributed by atoms with Crippen LogP contribution in [0.5, 0.6) is 11.5 Å². The number of nitrogen functional groups attached to an aromatic ring is 1. The summed E-state index contributed by atoms with van der Waals surface area (Å²) in [6.45, 7) is 1.05. The Balaban J connectivity index is 1.47. The fourth-order valence-corrected chi connectivity index (χ4v) is 4.10. The molecule has 3 heterocycles. The second-order valence-corrected chi connectivity index (χ2v) is 7.81. The van der Waals surface area contributed by atoms with E-state index in [4.69, 9.17) is 20.8 Å². The lowest BCUT2D eigenvalue weighted by atomic mass is 10.1. The molecule has 9 heteroatoms. The number of hydrogen-bond acceptors (Lipinski definition) is 7. The number of nitrogens with two attached hydrogens (primary N) is 1. The first-order valence-electron chi connectivity index (χ1n) is 10.6. The fraction of sp³-hybridized carbons (Fsp3) is 0.208. The first-order chi connectivity index (χ1) is 16.1. The number of amides is 1. The number of aromatic nitrogens is 4. The molecule has 2 aromatic carbocycles. The molecule has 0 aliphatic carbocycles. The van der Waals surface area contributed by atoms with Crippen molar-refractivity contribution in [2.24, 2.45) is 0 Å². The van der Waals surface area contributed by atoms with Gasteiger partial charge in [0.1, 0.15) is 35.8 Å². The topological polar surface area (TPSA) is 123 Å². The second-order valence-electron chi connectivity index (χ2n) is 7.81. The van der Waals surface area contributed by atoms with Gasteiger partial charge in [0.15, 0.2) is 5.65 Å². The molecule has 1 aliphatic rings. The van der Waals surface area contributed by atoms with Gasteiger partial charge in [-0.3, -0.25) is 4.79 Å². The van der Waals surface area contributed by atoms with Crippen LogP contribution in [-0.2, 0) is 4.79 Å². The average Bonchev–Trinajstić information content (AvgIpc) is 3.47. The van der Waals surface area contributed by atoms with Crippen LogP contribution in [0.3, 0.4) is 0 Å². The molecule has 2 N–H and O–H groups in total. The third-order valence-corrected chi connectivity index (χ3v) is 5.72. The molecule has 9 nitrogen and oxygen atoms in total. The molecular formula is C24H21N7O2. The maximum absolute atomic E-state index is 12.1. The Morgan fingerprint density at radius 2 is 1.88 bits per heavy atom. The van der Waals surface area contributed by atoms with Crippen LogP contribution in [0.2, 0.25) is 0 Å². The van der Waals surface area contributed by atoms with Gasteiger partial charge in [0.2, 0.25) is 5.91 Å². The summed E-state index contributed by atoms with van der Waals surface area (Å²) in [6.07, 6.45) is 2.02. The molecule has 1 atom stereocenters. The first kappa shape index (κ1) is 20.5. The number of fused-ring (bicyclic) bond motifs is 1. The normalized spacial score (nSPS) is 15.5. The molecule has 0 unspecified atom stereocenters. The maximum atomic E-state index is 12.1. The number of carbonyl (C=O) groups excluding carboxylic acids is 1. The monoisotopic (exact) mass is 439 g/mol. The minimum absolute atomic E-state index is 0.0566. The van der Waals surface area contributed by atoms with Gasteiger partial charge in [0, 0.05) is 18.7 Å². The zero-order valence-corrected chi connectivity index (χ0v) is 17.8. The van der Waals surface area contributed by atoms with Crippen molar-refractivity contribution >= 4 is 22.8 Å². The van der Waals surface area contributed by atoms with Gasteiger partial charge in [0.25, 0.3) is 0 Å². The van der Waals surface area contributed by atoms with E-state index in [0.29, 0.717) is 41.4 Å². The van der Waals surface area contributed by atoms with E-state index in [1.807, 2.05) is 65.3 Å². The molecule has 33 heavy (non-hydrogen) atoms. The predicted molar refractivity (Wildman–Crippen MR) is 122 cm³/mol. The van der Waals surface area contributed by atoms with E-state index in [0.717, 1.165) is 17.7 Å². The number of nitriles is 1. The van der Waals surface area contributed by atoms with E-state index < -0.39 is 0 Å². The van der Waals surface area contributed by atoms with Crippen LogP contribution in [0.15, 0.2) is 60.9 Å². The molecule has 1 fully saturated rings. The highest BCUT2D eigenvalue weighted by Gasteiger charge is 2.30. The Bertz CT molecular complexity index is 1340. The molecule has 5 rings (SSSR count). The van der Waals surface area contributed by atoms with Gasteiger partial charge in [-0.15, -0.1) is 0 Å². The molecule has 1 saturated heterocycles. The lowest BCUT2D eigenvalue weighted by Gasteiger charge is -2.15. The van der Waals surface area contributed by atoms with Crippen molar-refractivity contribution in [2.45, 2.75) is 18.9 Å². The predicted octanol–water partition coefficient (Wildman–Crippen LogP) is 3.55. The van der Waals surface area contributed by atoms with Crippen LogP contribution in [0.4, 0.5) is 5.82 Å². The van der Waals surface area contributed by atoms with Gasteiger partial charge in [-0.2, -0.15) is 10.4 Å². The van der Waals surface area contributed by atoms with Crippen molar-refractivity contribution in [1.82, 2.24) is 24.6 Å². The Kier molecular flexibility index (Phi) is 5.32. The van der Waals surface area contributed by atoms with Crippen LogP contribution >= 0.6 is 0 Å². The average molecular weight is 439 g/mol. The van der Waals surface area contributed by atoms with Crippen LogP contribution in [0.25, 0.3) is 22.3 Å². The Morgan fingerprint density at radius 1 is 1.12 bits per heavy atom. The lowest BCUT2D eigenvalue weighted by molar-refractivity contribution is -0.129. The van der Waals surface area contributed by atoms with Crippen LogP contribution in [0, 0.1) is 11.3 Å². The highest BCUT2D eigenvalue weighted by atomic mass is 16.5. The summed E-state index contributed by atoms with van der Waals surface area (Å²) < 4.78 is 7.72. The Hall–Kier alpha value is -4.45. The molecular weight excluding hydrogens is 418 g/mol. The molecule has 1 aliphatic heterocycles. The smallest absolute Gasteiger partial charge is 0.236 e. The number of hydrogen-bond donors (Lipinski definition) is 1. The molecule has 0 bridgehead atoms. The number of ether oxygens (including phenoxy) is 1. The molecule has 4 aromatic rings. The van der Waals surface area contributed by atoms with E-state index in [2.05, 4.69) is 9.97 Å². The van der Waals surface area contributed by atoms with E-state index in [9.17, 15) is 4.79 Å². The third kappa shape index (κ3) is 3.94. The van der Waals surface area contributed by atoms with Crippen molar-refractivity contribution < 1.29 is 9.53 Å². The van der Waals surface area contributed by atoms with Crippen molar-refractivity contribution in [3.05, 3.63) is 60.9 Å². The highest BCUT2D eigenvalue weighted by Crippen LogP contribution is 2.35.